The summed E-state index contributed by atoms with van der Waals surface area (Å²) in [5.74, 6) is 0.235. The molecule has 1 aromatic rings. The third-order valence-corrected chi connectivity index (χ3v) is 3.05. The number of amides is 2. The number of aromatic nitrogens is 2. The van der Waals surface area contributed by atoms with E-state index in [2.05, 4.69) is 15.3 Å². The van der Waals surface area contributed by atoms with Crippen molar-refractivity contribution in [2.24, 2.45) is 5.92 Å². The number of imidazole rings is 1. The van der Waals surface area contributed by atoms with Gasteiger partial charge in [0.2, 0.25) is 0 Å². The third kappa shape index (κ3) is 6.21. The van der Waals surface area contributed by atoms with Crippen molar-refractivity contribution in [3.8, 4) is 0 Å². The van der Waals surface area contributed by atoms with Gasteiger partial charge in [0.05, 0.1) is 6.54 Å². The van der Waals surface area contributed by atoms with Gasteiger partial charge in [0, 0.05) is 32.4 Å². The molecular weight excluding hydrogens is 260 g/mol. The first-order valence-corrected chi connectivity index (χ1v) is 6.68. The molecule has 3 N–H and O–H groups in total. The minimum atomic E-state index is -0.779. The van der Waals surface area contributed by atoms with E-state index in [1.807, 2.05) is 6.92 Å². The van der Waals surface area contributed by atoms with Gasteiger partial charge in [-0.05, 0) is 18.8 Å². The zero-order chi connectivity index (χ0) is 15.0. The van der Waals surface area contributed by atoms with Crippen LogP contribution in [0.2, 0.25) is 0 Å². The Kier molecular flexibility index (Phi) is 6.55. The van der Waals surface area contributed by atoms with Gasteiger partial charge in [-0.3, -0.25) is 4.79 Å². The molecule has 0 radical (unpaired) electrons. The molecule has 0 spiro atoms. The van der Waals surface area contributed by atoms with Crippen molar-refractivity contribution in [1.82, 2.24) is 20.2 Å². The van der Waals surface area contributed by atoms with E-state index in [0.29, 0.717) is 19.5 Å². The van der Waals surface area contributed by atoms with Crippen molar-refractivity contribution in [1.29, 1.82) is 0 Å². The largest absolute Gasteiger partial charge is 0.481 e. The smallest absolute Gasteiger partial charge is 0.317 e. The molecule has 7 heteroatoms. The van der Waals surface area contributed by atoms with Crippen LogP contribution in [0.3, 0.4) is 0 Å². The Balaban J connectivity index is 2.17. The fourth-order valence-corrected chi connectivity index (χ4v) is 1.76. The van der Waals surface area contributed by atoms with Crippen LogP contribution in [0.5, 0.6) is 0 Å². The third-order valence-electron chi connectivity index (χ3n) is 3.05. The molecule has 1 aromatic heterocycles. The Labute approximate surface area is 118 Å². The second-order valence-electron chi connectivity index (χ2n) is 4.95. The SMILES string of the molecule is CC(CCNC(=O)N(C)Cc1ncc[nH]1)CCC(=O)O. The molecule has 1 unspecified atom stereocenters. The summed E-state index contributed by atoms with van der Waals surface area (Å²) in [5.41, 5.74) is 0. The Bertz CT molecular complexity index is 419. The Hall–Kier alpha value is -2.05. The predicted octanol–water partition coefficient (Wildman–Crippen LogP) is 1.44. The number of H-pyrrole nitrogens is 1. The van der Waals surface area contributed by atoms with Crippen LogP contribution >= 0.6 is 0 Å². The van der Waals surface area contributed by atoms with Gasteiger partial charge in [0.15, 0.2) is 0 Å². The minimum Gasteiger partial charge on any atom is -0.481 e. The molecule has 0 fully saturated rings. The van der Waals surface area contributed by atoms with Crippen LogP contribution in [0.1, 0.15) is 32.0 Å². The lowest BCUT2D eigenvalue weighted by molar-refractivity contribution is -0.137. The number of aliphatic carboxylic acids is 1. The molecule has 0 aliphatic heterocycles. The van der Waals surface area contributed by atoms with Crippen molar-refractivity contribution < 1.29 is 14.7 Å². The number of urea groups is 1. The van der Waals surface area contributed by atoms with E-state index in [9.17, 15) is 9.59 Å². The summed E-state index contributed by atoms with van der Waals surface area (Å²) in [6.45, 7) is 2.96. The quantitative estimate of drug-likeness (QED) is 0.672. The summed E-state index contributed by atoms with van der Waals surface area (Å²) >= 11 is 0. The van der Waals surface area contributed by atoms with Crippen molar-refractivity contribution >= 4 is 12.0 Å². The van der Waals surface area contributed by atoms with Gasteiger partial charge >= 0.3 is 12.0 Å². The van der Waals surface area contributed by atoms with Crippen LogP contribution in [0.4, 0.5) is 4.79 Å². The highest BCUT2D eigenvalue weighted by molar-refractivity contribution is 5.73. The van der Waals surface area contributed by atoms with Crippen molar-refractivity contribution in [2.75, 3.05) is 13.6 Å². The summed E-state index contributed by atoms with van der Waals surface area (Å²) < 4.78 is 0. The van der Waals surface area contributed by atoms with Gasteiger partial charge < -0.3 is 20.3 Å². The topological polar surface area (TPSA) is 98.3 Å². The molecule has 0 aliphatic rings. The number of carboxylic acids is 1. The second-order valence-corrected chi connectivity index (χ2v) is 4.95. The van der Waals surface area contributed by atoms with Crippen molar-refractivity contribution in [3.63, 3.8) is 0 Å². The monoisotopic (exact) mass is 282 g/mol. The molecule has 0 saturated carbocycles. The van der Waals surface area contributed by atoms with Crippen LogP contribution in [-0.4, -0.2) is 45.6 Å². The molecule has 0 aliphatic carbocycles. The van der Waals surface area contributed by atoms with Gasteiger partial charge in [-0.25, -0.2) is 9.78 Å². The van der Waals surface area contributed by atoms with Crippen LogP contribution in [0.25, 0.3) is 0 Å². The van der Waals surface area contributed by atoms with Crippen LogP contribution in [0.15, 0.2) is 12.4 Å². The van der Waals surface area contributed by atoms with Crippen LogP contribution in [0, 0.1) is 5.92 Å². The number of nitrogens with zero attached hydrogens (tertiary/aromatic N) is 2. The van der Waals surface area contributed by atoms with Crippen molar-refractivity contribution in [3.05, 3.63) is 18.2 Å². The molecule has 1 atom stereocenters. The lowest BCUT2D eigenvalue weighted by Gasteiger charge is -2.17. The summed E-state index contributed by atoms with van der Waals surface area (Å²) in [4.78, 5) is 30.8. The van der Waals surface area contributed by atoms with E-state index >= 15 is 0 Å². The highest BCUT2D eigenvalue weighted by Gasteiger charge is 2.11. The number of nitrogens with one attached hydrogen (secondary N) is 2. The number of rotatable bonds is 8. The molecule has 2 amide bonds. The maximum Gasteiger partial charge on any atom is 0.317 e. The average molecular weight is 282 g/mol. The number of carbonyl (C=O) groups excluding carboxylic acids is 1. The molecule has 0 aromatic carbocycles. The summed E-state index contributed by atoms with van der Waals surface area (Å²) in [7, 11) is 1.70. The number of carboxylic acid groups (broad SMARTS) is 1. The lowest BCUT2D eigenvalue weighted by Crippen LogP contribution is -2.37. The van der Waals surface area contributed by atoms with Crippen molar-refractivity contribution in [2.45, 2.75) is 32.7 Å². The molecule has 7 nitrogen and oxygen atoms in total. The van der Waals surface area contributed by atoms with E-state index in [1.54, 1.807) is 24.3 Å². The first kappa shape index (κ1) is 16.0. The second kappa shape index (κ2) is 8.19. The molecule has 0 bridgehead atoms. The summed E-state index contributed by atoms with van der Waals surface area (Å²) in [6, 6.07) is -0.160. The standard InChI is InChI=1S/C13H22N4O3/c1-10(3-4-12(18)19)5-6-16-13(20)17(2)9-11-14-7-8-15-11/h7-8,10H,3-6,9H2,1-2H3,(H,14,15)(H,16,20)(H,18,19). The van der Waals surface area contributed by atoms with Gasteiger partial charge in [-0.1, -0.05) is 6.92 Å². The van der Waals surface area contributed by atoms with Gasteiger partial charge in [0.25, 0.3) is 0 Å². The maximum absolute atomic E-state index is 11.8. The summed E-state index contributed by atoms with van der Waals surface area (Å²) in [6.07, 6.45) is 4.94. The van der Waals surface area contributed by atoms with E-state index in [1.165, 1.54) is 0 Å². The first-order chi connectivity index (χ1) is 9.49. The fraction of sp³-hybridized carbons (Fsp3) is 0.615. The molecule has 1 rings (SSSR count). The Morgan fingerprint density at radius 1 is 1.50 bits per heavy atom. The predicted molar refractivity (Wildman–Crippen MR) is 74.1 cm³/mol. The Morgan fingerprint density at radius 3 is 2.85 bits per heavy atom. The molecule has 112 valence electrons. The van der Waals surface area contributed by atoms with Crippen LogP contribution < -0.4 is 5.32 Å². The van der Waals surface area contributed by atoms with E-state index < -0.39 is 5.97 Å². The number of aromatic amines is 1. The number of carbonyl (C=O) groups is 2. The average Bonchev–Trinajstić information content (AvgIpc) is 2.89. The summed E-state index contributed by atoms with van der Waals surface area (Å²) in [5, 5.41) is 11.4. The van der Waals surface area contributed by atoms with Gasteiger partial charge in [0.1, 0.15) is 5.82 Å². The van der Waals surface area contributed by atoms with Crippen LogP contribution in [-0.2, 0) is 11.3 Å². The first-order valence-electron chi connectivity index (χ1n) is 6.68. The van der Waals surface area contributed by atoms with Gasteiger partial charge in [-0.2, -0.15) is 0 Å². The number of hydrogen-bond acceptors (Lipinski definition) is 3. The van der Waals surface area contributed by atoms with E-state index in [0.717, 1.165) is 12.2 Å². The Morgan fingerprint density at radius 2 is 2.25 bits per heavy atom. The molecular formula is C13H22N4O3. The zero-order valence-electron chi connectivity index (χ0n) is 11.9. The molecule has 20 heavy (non-hydrogen) atoms. The molecule has 0 saturated heterocycles. The minimum absolute atomic E-state index is 0.160. The molecule has 1 heterocycles. The van der Waals surface area contributed by atoms with E-state index in [4.69, 9.17) is 5.11 Å². The maximum atomic E-state index is 11.8. The highest BCUT2D eigenvalue weighted by Crippen LogP contribution is 2.09. The highest BCUT2D eigenvalue weighted by atomic mass is 16.4. The van der Waals surface area contributed by atoms with Gasteiger partial charge in [-0.15, -0.1) is 0 Å². The zero-order valence-corrected chi connectivity index (χ0v) is 11.9. The normalized spacial score (nSPS) is 11.9. The van der Waals surface area contributed by atoms with E-state index in [-0.39, 0.29) is 18.4 Å². The fourth-order valence-electron chi connectivity index (χ4n) is 1.76. The number of hydrogen-bond donors (Lipinski definition) is 3. The lowest BCUT2D eigenvalue weighted by atomic mass is 10.0.